The van der Waals surface area contributed by atoms with Crippen LogP contribution >= 0.6 is 0 Å². The highest BCUT2D eigenvalue weighted by molar-refractivity contribution is 5.75. The van der Waals surface area contributed by atoms with Crippen molar-refractivity contribution in [2.24, 2.45) is 0 Å². The summed E-state index contributed by atoms with van der Waals surface area (Å²) in [6.07, 6.45) is 27.4. The molecule has 30 heavy (non-hydrogen) atoms. The molecule has 0 aromatic rings. The van der Waals surface area contributed by atoms with Gasteiger partial charge in [0.1, 0.15) is 5.60 Å². The molecule has 1 amide bonds. The number of epoxide rings is 1. The van der Waals surface area contributed by atoms with Gasteiger partial charge in [-0.05, 0) is 58.8 Å². The Bertz CT molecular complexity index is 630. The lowest BCUT2D eigenvalue weighted by atomic mass is 10.0. The smallest absolute Gasteiger partial charge is 0.220 e. The van der Waals surface area contributed by atoms with E-state index in [4.69, 9.17) is 9.84 Å². The van der Waals surface area contributed by atoms with E-state index in [2.05, 4.69) is 74.7 Å². The molecule has 0 aromatic heterocycles. The Balaban J connectivity index is 2.08. The van der Waals surface area contributed by atoms with Gasteiger partial charge in [0, 0.05) is 13.0 Å². The SMILES string of the molecule is CCC=CCC1OC1(C)C=CCCC=CCC(C)=CCC=CCCC(=O)NCCO. The Morgan fingerprint density at radius 1 is 1.07 bits per heavy atom. The Hall–Kier alpha value is -1.91. The fourth-order valence-electron chi connectivity index (χ4n) is 3.05. The van der Waals surface area contributed by atoms with Gasteiger partial charge in [-0.25, -0.2) is 0 Å². The summed E-state index contributed by atoms with van der Waals surface area (Å²) in [6, 6.07) is 0. The molecule has 4 nitrogen and oxygen atoms in total. The summed E-state index contributed by atoms with van der Waals surface area (Å²) in [5.41, 5.74) is 1.30. The van der Waals surface area contributed by atoms with Gasteiger partial charge in [0.2, 0.25) is 5.91 Å². The Kier molecular flexibility index (Phi) is 13.8. The normalized spacial score (nSPS) is 22.1. The Morgan fingerprint density at radius 3 is 2.60 bits per heavy atom. The van der Waals surface area contributed by atoms with Crippen molar-refractivity contribution in [3.63, 3.8) is 0 Å². The zero-order valence-corrected chi connectivity index (χ0v) is 19.1. The fourth-order valence-corrected chi connectivity index (χ4v) is 3.05. The van der Waals surface area contributed by atoms with E-state index >= 15 is 0 Å². The molecular weight excluding hydrogens is 374 g/mol. The molecule has 0 radical (unpaired) electrons. The minimum absolute atomic E-state index is 0.0110. The van der Waals surface area contributed by atoms with Crippen LogP contribution in [0.15, 0.2) is 60.3 Å². The molecule has 1 aliphatic heterocycles. The fraction of sp³-hybridized carbons (Fsp3) is 0.577. The first-order chi connectivity index (χ1) is 14.5. The Labute approximate surface area is 183 Å². The third kappa shape index (κ3) is 12.6. The van der Waals surface area contributed by atoms with Crippen molar-refractivity contribution in [1.29, 1.82) is 0 Å². The molecule has 2 atom stereocenters. The lowest BCUT2D eigenvalue weighted by molar-refractivity contribution is -0.121. The number of unbranched alkanes of at least 4 members (excludes halogenated alkanes) is 1. The maximum atomic E-state index is 11.4. The van der Waals surface area contributed by atoms with Crippen LogP contribution < -0.4 is 5.32 Å². The second kappa shape index (κ2) is 15.9. The van der Waals surface area contributed by atoms with Crippen LogP contribution in [0.3, 0.4) is 0 Å². The summed E-state index contributed by atoms with van der Waals surface area (Å²) in [5, 5.41) is 11.3. The van der Waals surface area contributed by atoms with Gasteiger partial charge < -0.3 is 15.2 Å². The maximum Gasteiger partial charge on any atom is 0.220 e. The lowest BCUT2D eigenvalue weighted by Crippen LogP contribution is -2.25. The predicted octanol–water partition coefficient (Wildman–Crippen LogP) is 5.56. The van der Waals surface area contributed by atoms with Crippen LogP contribution in [-0.2, 0) is 9.53 Å². The molecule has 2 unspecified atom stereocenters. The summed E-state index contributed by atoms with van der Waals surface area (Å²) in [5.74, 6) is -0.0110. The van der Waals surface area contributed by atoms with Crippen LogP contribution in [0, 0.1) is 0 Å². The van der Waals surface area contributed by atoms with Gasteiger partial charge in [-0.2, -0.15) is 0 Å². The number of carbonyl (C=O) groups is 1. The van der Waals surface area contributed by atoms with Crippen LogP contribution in [0.2, 0.25) is 0 Å². The third-order valence-electron chi connectivity index (χ3n) is 5.03. The van der Waals surface area contributed by atoms with Gasteiger partial charge in [0.25, 0.3) is 0 Å². The topological polar surface area (TPSA) is 61.9 Å². The van der Waals surface area contributed by atoms with Crippen molar-refractivity contribution in [2.75, 3.05) is 13.2 Å². The van der Waals surface area contributed by atoms with Crippen LogP contribution in [0.5, 0.6) is 0 Å². The van der Waals surface area contributed by atoms with E-state index in [1.165, 1.54) is 5.57 Å². The monoisotopic (exact) mass is 415 g/mol. The molecule has 1 saturated heterocycles. The van der Waals surface area contributed by atoms with Crippen LogP contribution in [0.1, 0.15) is 72.1 Å². The van der Waals surface area contributed by atoms with Crippen molar-refractivity contribution in [3.05, 3.63) is 60.3 Å². The van der Waals surface area contributed by atoms with E-state index in [1.807, 2.05) is 6.08 Å². The zero-order chi connectivity index (χ0) is 22.1. The third-order valence-corrected chi connectivity index (χ3v) is 5.03. The van der Waals surface area contributed by atoms with Gasteiger partial charge in [-0.1, -0.05) is 67.2 Å². The van der Waals surface area contributed by atoms with E-state index in [9.17, 15) is 4.79 Å². The molecule has 1 rings (SSSR count). The molecule has 2 N–H and O–H groups in total. The number of hydrogen-bond acceptors (Lipinski definition) is 3. The molecule has 0 aromatic carbocycles. The highest BCUT2D eigenvalue weighted by Crippen LogP contribution is 2.40. The molecule has 1 aliphatic rings. The Morgan fingerprint density at radius 2 is 1.83 bits per heavy atom. The number of aliphatic hydroxyl groups excluding tert-OH is 1. The van der Waals surface area contributed by atoms with E-state index in [1.54, 1.807) is 0 Å². The van der Waals surface area contributed by atoms with E-state index in [0.29, 0.717) is 19.1 Å². The van der Waals surface area contributed by atoms with E-state index in [0.717, 1.165) is 44.9 Å². The minimum Gasteiger partial charge on any atom is -0.395 e. The van der Waals surface area contributed by atoms with Gasteiger partial charge in [-0.15, -0.1) is 0 Å². The standard InChI is InChI=1S/C26H41NO3/c1-4-5-11-18-24-26(3,30-24)20-15-10-6-7-12-16-23(2)17-13-8-9-14-19-25(29)27-21-22-28/h5,7-9,11-12,15,17,20,24,28H,4,6,10,13-14,16,18-19,21-22H2,1-3H3,(H,27,29). The molecule has 1 heterocycles. The molecule has 0 bridgehead atoms. The number of rotatable bonds is 16. The summed E-state index contributed by atoms with van der Waals surface area (Å²) >= 11 is 0. The summed E-state index contributed by atoms with van der Waals surface area (Å²) < 4.78 is 5.80. The number of carbonyl (C=O) groups excluding carboxylic acids is 1. The van der Waals surface area contributed by atoms with Crippen LogP contribution in [0.4, 0.5) is 0 Å². The first-order valence-corrected chi connectivity index (χ1v) is 11.4. The summed E-state index contributed by atoms with van der Waals surface area (Å²) in [7, 11) is 0. The molecule has 0 spiro atoms. The van der Waals surface area contributed by atoms with Gasteiger partial charge in [0.05, 0.1) is 12.7 Å². The average Bonchev–Trinajstić information content (AvgIpc) is 3.38. The second-order valence-electron chi connectivity index (χ2n) is 7.93. The highest BCUT2D eigenvalue weighted by atomic mass is 16.6. The molecule has 168 valence electrons. The van der Waals surface area contributed by atoms with Crippen molar-refractivity contribution < 1.29 is 14.6 Å². The number of hydrogen-bond donors (Lipinski definition) is 2. The quantitative estimate of drug-likeness (QED) is 0.197. The molecule has 0 saturated carbocycles. The van der Waals surface area contributed by atoms with Crippen LogP contribution in [0.25, 0.3) is 0 Å². The zero-order valence-electron chi connectivity index (χ0n) is 19.1. The van der Waals surface area contributed by atoms with E-state index < -0.39 is 0 Å². The lowest BCUT2D eigenvalue weighted by Gasteiger charge is -2.00. The predicted molar refractivity (Wildman–Crippen MR) is 126 cm³/mol. The van der Waals surface area contributed by atoms with Gasteiger partial charge in [0.15, 0.2) is 0 Å². The first kappa shape index (κ1) is 26.1. The van der Waals surface area contributed by atoms with Crippen LogP contribution in [-0.4, -0.2) is 35.9 Å². The minimum atomic E-state index is -0.0577. The van der Waals surface area contributed by atoms with Crippen molar-refractivity contribution >= 4 is 5.91 Å². The maximum absolute atomic E-state index is 11.4. The van der Waals surface area contributed by atoms with E-state index in [-0.39, 0.29) is 18.1 Å². The number of nitrogens with one attached hydrogen (secondary N) is 1. The number of allylic oxidation sites excluding steroid dienone is 8. The largest absolute Gasteiger partial charge is 0.395 e. The number of amides is 1. The van der Waals surface area contributed by atoms with Crippen molar-refractivity contribution in [2.45, 2.75) is 83.8 Å². The second-order valence-corrected chi connectivity index (χ2v) is 7.93. The highest BCUT2D eigenvalue weighted by Gasteiger charge is 2.48. The molecule has 1 fully saturated rings. The average molecular weight is 416 g/mol. The number of aliphatic hydroxyl groups is 1. The molecular formula is C26H41NO3. The summed E-state index contributed by atoms with van der Waals surface area (Å²) in [4.78, 5) is 11.4. The molecule has 4 heteroatoms. The first-order valence-electron chi connectivity index (χ1n) is 11.4. The number of ether oxygens (including phenoxy) is 1. The van der Waals surface area contributed by atoms with Gasteiger partial charge >= 0.3 is 0 Å². The molecule has 0 aliphatic carbocycles. The summed E-state index contributed by atoms with van der Waals surface area (Å²) in [6.45, 7) is 6.79. The van der Waals surface area contributed by atoms with Crippen molar-refractivity contribution in [3.8, 4) is 0 Å². The van der Waals surface area contributed by atoms with Gasteiger partial charge in [-0.3, -0.25) is 4.79 Å². The van der Waals surface area contributed by atoms with Crippen molar-refractivity contribution in [1.82, 2.24) is 5.32 Å².